The summed E-state index contributed by atoms with van der Waals surface area (Å²) in [7, 11) is 0. The smallest absolute Gasteiger partial charge is 0.271 e. The second kappa shape index (κ2) is 5.31. The van der Waals surface area contributed by atoms with E-state index in [9.17, 15) is 9.90 Å². The summed E-state index contributed by atoms with van der Waals surface area (Å²) in [6.07, 6.45) is 0.280. The van der Waals surface area contributed by atoms with Crippen LogP contribution in [0.2, 0.25) is 0 Å². The van der Waals surface area contributed by atoms with E-state index in [0.29, 0.717) is 18.7 Å². The van der Waals surface area contributed by atoms with Crippen LogP contribution >= 0.6 is 0 Å². The summed E-state index contributed by atoms with van der Waals surface area (Å²) < 4.78 is 0. The van der Waals surface area contributed by atoms with Crippen molar-refractivity contribution < 1.29 is 9.90 Å². The topological polar surface area (TPSA) is 78.0 Å². The minimum absolute atomic E-state index is 0.130. The maximum atomic E-state index is 11.7. The Balaban J connectivity index is 2.48. The summed E-state index contributed by atoms with van der Waals surface area (Å²) in [5, 5.41) is 18.8. The van der Waals surface area contributed by atoms with Crippen molar-refractivity contribution in [3.8, 4) is 0 Å². The highest BCUT2D eigenvalue weighted by atomic mass is 16.3. The normalized spacial score (nSPS) is 13.5. The zero-order chi connectivity index (χ0) is 13.1. The van der Waals surface area contributed by atoms with E-state index < -0.39 is 0 Å². The number of nitrogens with zero attached hydrogens (tertiary/aromatic N) is 1. The highest BCUT2D eigenvalue weighted by Gasteiger charge is 2.21. The van der Waals surface area contributed by atoms with E-state index in [4.69, 9.17) is 0 Å². The number of aliphatic hydroxyl groups excluding tert-OH is 1. The molecule has 0 bridgehead atoms. The number of carbonyl (C=O) groups excluding carboxylic acids is 1. The molecule has 3 N–H and O–H groups in total. The van der Waals surface area contributed by atoms with Gasteiger partial charge in [-0.15, -0.1) is 0 Å². The minimum atomic E-state index is -0.366. The fourth-order valence-electron chi connectivity index (χ4n) is 1.82. The Hall–Kier alpha value is -1.36. The van der Waals surface area contributed by atoms with Gasteiger partial charge in [-0.3, -0.25) is 9.89 Å². The van der Waals surface area contributed by atoms with Gasteiger partial charge in [-0.05, 0) is 31.7 Å². The van der Waals surface area contributed by atoms with Crippen LogP contribution in [-0.2, 0) is 0 Å². The van der Waals surface area contributed by atoms with Crippen molar-refractivity contribution in [1.29, 1.82) is 0 Å². The van der Waals surface area contributed by atoms with Gasteiger partial charge in [-0.2, -0.15) is 5.10 Å². The van der Waals surface area contributed by atoms with E-state index in [1.165, 1.54) is 0 Å². The zero-order valence-corrected chi connectivity index (χ0v) is 10.9. The number of nitrogens with one attached hydrogen (secondary N) is 2. The van der Waals surface area contributed by atoms with Gasteiger partial charge in [0.25, 0.3) is 5.91 Å². The van der Waals surface area contributed by atoms with Crippen molar-refractivity contribution in [2.24, 2.45) is 5.41 Å². The van der Waals surface area contributed by atoms with Crippen molar-refractivity contribution in [1.82, 2.24) is 15.5 Å². The van der Waals surface area contributed by atoms with E-state index >= 15 is 0 Å². The van der Waals surface area contributed by atoms with E-state index in [-0.39, 0.29) is 17.4 Å². The first kappa shape index (κ1) is 13.7. The predicted octanol–water partition coefficient (Wildman–Crippen LogP) is 1.25. The molecular formula is C12H21N3O2. The van der Waals surface area contributed by atoms with Crippen LogP contribution in [0, 0.1) is 12.3 Å². The molecule has 0 aromatic carbocycles. The summed E-state index contributed by atoms with van der Waals surface area (Å²) in [5.74, 6) is -0.187. The van der Waals surface area contributed by atoms with Crippen LogP contribution in [0.5, 0.6) is 0 Å². The van der Waals surface area contributed by atoms with Gasteiger partial charge in [-0.1, -0.05) is 13.8 Å². The highest BCUT2D eigenvalue weighted by molar-refractivity contribution is 5.92. The maximum Gasteiger partial charge on any atom is 0.271 e. The third-order valence-corrected chi connectivity index (χ3v) is 2.51. The van der Waals surface area contributed by atoms with E-state index in [0.717, 1.165) is 5.69 Å². The third-order valence-electron chi connectivity index (χ3n) is 2.51. The van der Waals surface area contributed by atoms with Gasteiger partial charge >= 0.3 is 0 Å². The molecule has 0 spiro atoms. The summed E-state index contributed by atoms with van der Waals surface area (Å²) in [5.41, 5.74) is 1.13. The number of carbonyl (C=O) groups is 1. The van der Waals surface area contributed by atoms with E-state index in [1.807, 2.05) is 20.8 Å². The predicted molar refractivity (Wildman–Crippen MR) is 65.7 cm³/mol. The fraction of sp³-hybridized carbons (Fsp3) is 0.667. The number of hydrogen-bond acceptors (Lipinski definition) is 3. The average Bonchev–Trinajstić information content (AvgIpc) is 2.59. The molecule has 17 heavy (non-hydrogen) atoms. The lowest BCUT2D eigenvalue weighted by atomic mass is 9.87. The van der Waals surface area contributed by atoms with Crippen LogP contribution in [0.4, 0.5) is 0 Å². The molecule has 0 saturated carbocycles. The van der Waals surface area contributed by atoms with Crippen molar-refractivity contribution in [2.45, 2.75) is 40.2 Å². The molecule has 0 radical (unpaired) electrons. The Bertz CT molecular complexity index is 383. The first-order valence-electron chi connectivity index (χ1n) is 5.78. The number of hydrogen-bond donors (Lipinski definition) is 3. The molecule has 96 valence electrons. The summed E-state index contributed by atoms with van der Waals surface area (Å²) in [6, 6.07) is 1.71. The van der Waals surface area contributed by atoms with Gasteiger partial charge in [0.15, 0.2) is 0 Å². The van der Waals surface area contributed by atoms with Crippen LogP contribution in [0.1, 0.15) is 43.4 Å². The SMILES string of the molecule is Cc1cc(C(=O)NCC(C)(C)CC(C)O)n[nH]1. The third kappa shape index (κ3) is 4.56. The summed E-state index contributed by atoms with van der Waals surface area (Å²) >= 11 is 0. The van der Waals surface area contributed by atoms with Gasteiger partial charge in [0, 0.05) is 12.2 Å². The Kier molecular flexibility index (Phi) is 4.28. The lowest BCUT2D eigenvalue weighted by Crippen LogP contribution is -2.35. The molecule has 1 aromatic heterocycles. The molecule has 1 amide bonds. The molecular weight excluding hydrogens is 218 g/mol. The molecule has 1 aromatic rings. The Morgan fingerprint density at radius 2 is 2.29 bits per heavy atom. The molecule has 0 aliphatic carbocycles. The second-order valence-corrected chi connectivity index (χ2v) is 5.34. The summed E-state index contributed by atoms with van der Waals surface area (Å²) in [6.45, 7) is 8.13. The molecule has 5 heteroatoms. The van der Waals surface area contributed by atoms with Gasteiger partial charge in [-0.25, -0.2) is 0 Å². The molecule has 0 aliphatic heterocycles. The van der Waals surface area contributed by atoms with Crippen molar-refractivity contribution in [3.63, 3.8) is 0 Å². The standard InChI is InChI=1S/C12H21N3O2/c1-8-5-10(15-14-8)11(17)13-7-12(3,4)6-9(2)16/h5,9,16H,6-7H2,1-4H3,(H,13,17)(H,14,15). The van der Waals surface area contributed by atoms with Crippen molar-refractivity contribution in [2.75, 3.05) is 6.54 Å². The first-order valence-corrected chi connectivity index (χ1v) is 5.78. The Labute approximate surface area is 102 Å². The number of aromatic amines is 1. The van der Waals surface area contributed by atoms with E-state index in [1.54, 1.807) is 13.0 Å². The van der Waals surface area contributed by atoms with Crippen molar-refractivity contribution >= 4 is 5.91 Å². The number of H-pyrrole nitrogens is 1. The molecule has 1 atom stereocenters. The number of rotatable bonds is 5. The van der Waals surface area contributed by atoms with Gasteiger partial charge < -0.3 is 10.4 Å². The molecule has 1 unspecified atom stereocenters. The highest BCUT2D eigenvalue weighted by Crippen LogP contribution is 2.21. The quantitative estimate of drug-likeness (QED) is 0.723. The van der Waals surface area contributed by atoms with Gasteiger partial charge in [0.05, 0.1) is 6.10 Å². The molecule has 0 saturated heterocycles. The van der Waals surface area contributed by atoms with Crippen LogP contribution in [0.25, 0.3) is 0 Å². The van der Waals surface area contributed by atoms with E-state index in [2.05, 4.69) is 15.5 Å². The Morgan fingerprint density at radius 3 is 2.76 bits per heavy atom. The summed E-state index contributed by atoms with van der Waals surface area (Å²) in [4.78, 5) is 11.7. The lowest BCUT2D eigenvalue weighted by molar-refractivity contribution is 0.0897. The Morgan fingerprint density at radius 1 is 1.65 bits per heavy atom. The fourth-order valence-corrected chi connectivity index (χ4v) is 1.82. The number of amides is 1. The van der Waals surface area contributed by atoms with Crippen molar-refractivity contribution in [3.05, 3.63) is 17.5 Å². The molecule has 0 fully saturated rings. The zero-order valence-electron chi connectivity index (χ0n) is 10.9. The van der Waals surface area contributed by atoms with Crippen LogP contribution in [0.15, 0.2) is 6.07 Å². The lowest BCUT2D eigenvalue weighted by Gasteiger charge is -2.26. The number of aromatic nitrogens is 2. The largest absolute Gasteiger partial charge is 0.393 e. The monoisotopic (exact) mass is 239 g/mol. The first-order chi connectivity index (χ1) is 7.80. The maximum absolute atomic E-state index is 11.7. The minimum Gasteiger partial charge on any atom is -0.393 e. The van der Waals surface area contributed by atoms with Crippen LogP contribution in [-0.4, -0.2) is 33.9 Å². The number of aryl methyl sites for hydroxylation is 1. The molecule has 5 nitrogen and oxygen atoms in total. The van der Waals surface area contributed by atoms with Gasteiger partial charge in [0.2, 0.25) is 0 Å². The second-order valence-electron chi connectivity index (χ2n) is 5.34. The number of aliphatic hydroxyl groups is 1. The van der Waals surface area contributed by atoms with Crippen LogP contribution in [0.3, 0.4) is 0 Å². The average molecular weight is 239 g/mol. The molecule has 1 heterocycles. The molecule has 1 rings (SSSR count). The van der Waals surface area contributed by atoms with Gasteiger partial charge in [0.1, 0.15) is 5.69 Å². The van der Waals surface area contributed by atoms with Crippen LogP contribution < -0.4 is 5.32 Å². The molecule has 0 aliphatic rings.